The normalized spacial score (nSPS) is 31.2. The lowest BCUT2D eigenvalue weighted by molar-refractivity contribution is -0.360. The monoisotopic (exact) mass is 1180 g/mol. The molecule has 472 valence electrons. The van der Waals surface area contributed by atoms with E-state index in [1.54, 1.807) is 0 Å². The summed E-state index contributed by atoms with van der Waals surface area (Å²) in [7, 11) is -5.63. The van der Waals surface area contributed by atoms with Gasteiger partial charge >= 0.3 is 19.8 Å². The number of hydrogen-bond donors (Lipinski definition) is 12. The van der Waals surface area contributed by atoms with Crippen LogP contribution in [0.1, 0.15) is 213 Å². The standard InChI is InChI=1S/C56H105O23P/c1-3-5-7-9-11-13-15-17-18-19-21-22-24-26-28-30-32-41(59)72-36-38(74-42(60)33-31-29-27-25-23-20-16-14-12-10-8-6-4-2)37-73-80(70,71)79-54-52(77-55-50(68)45(63)43(61)39(34-57)75-55)48(66)47(65)49(67)53(54)78-56-51(69)46(64)44(62)40(35-58)76-56/h38-40,43-58,61-69H,3-37H2,1-2H3,(H,70,71)/t38-,39-,40-,43-,44-,45+,46+,47?,48-,49+,50+,51+,52-,53-,54?,55-,56-/m1/s1. The number of aliphatic hydroxyl groups is 11. The molecule has 1 saturated carbocycles. The molecule has 2 heterocycles. The molecule has 24 heteroatoms. The van der Waals surface area contributed by atoms with Crippen LogP contribution in [0, 0.1) is 0 Å². The Balaban J connectivity index is 1.68. The maximum absolute atomic E-state index is 14.0. The minimum atomic E-state index is -5.63. The highest BCUT2D eigenvalue weighted by molar-refractivity contribution is 7.47. The van der Waals surface area contributed by atoms with Crippen molar-refractivity contribution < 1.29 is 113 Å². The third-order valence-corrected chi connectivity index (χ3v) is 16.4. The van der Waals surface area contributed by atoms with Gasteiger partial charge in [0.1, 0.15) is 92.1 Å². The third-order valence-electron chi connectivity index (χ3n) is 15.4. The molecule has 23 nitrogen and oxygen atoms in total. The Labute approximate surface area is 474 Å². The number of rotatable bonds is 45. The highest BCUT2D eigenvalue weighted by Crippen LogP contribution is 2.49. The first kappa shape index (κ1) is 72.7. The molecule has 0 aromatic rings. The van der Waals surface area contributed by atoms with Crippen molar-refractivity contribution >= 4 is 19.8 Å². The molecule has 0 spiro atoms. The van der Waals surface area contributed by atoms with Crippen molar-refractivity contribution in [3.63, 3.8) is 0 Å². The van der Waals surface area contributed by atoms with E-state index in [1.165, 1.54) is 116 Å². The minimum absolute atomic E-state index is 0.0250. The summed E-state index contributed by atoms with van der Waals surface area (Å²) in [6, 6.07) is 0. The number of carbonyl (C=O) groups excluding carboxylic acids is 2. The molecule has 3 unspecified atom stereocenters. The van der Waals surface area contributed by atoms with Crippen LogP contribution in [0.2, 0.25) is 0 Å². The van der Waals surface area contributed by atoms with E-state index in [-0.39, 0.29) is 12.8 Å². The van der Waals surface area contributed by atoms with Crippen molar-refractivity contribution in [1.82, 2.24) is 0 Å². The molecule has 0 aromatic carbocycles. The SMILES string of the molecule is CCCCCCCCCCCCCCCCCCC(=O)OC[C@H](COP(=O)(O)OC1[C@H](O[C@H]2O[C@H](CO)[C@@H](O)[C@H](O)[C@@H]2O)[C@H](O)C(O)[C@H](O)[C@H]1O[C@H]1O[C@H](CO)[C@@H](O)[C@H](O)[C@@H]1O)OC(=O)CCCCCCCCCCCCCCC. The number of phosphoric ester groups is 1. The third kappa shape index (κ3) is 26.8. The number of hydrogen-bond acceptors (Lipinski definition) is 22. The fourth-order valence-electron chi connectivity index (χ4n) is 10.4. The van der Waals surface area contributed by atoms with Gasteiger partial charge in [-0.25, -0.2) is 4.57 Å². The Morgan fingerprint density at radius 2 is 0.750 bits per heavy atom. The lowest BCUT2D eigenvalue weighted by Gasteiger charge is -2.49. The van der Waals surface area contributed by atoms with Gasteiger partial charge in [-0.15, -0.1) is 0 Å². The average molecular weight is 1180 g/mol. The molecule has 12 N–H and O–H groups in total. The van der Waals surface area contributed by atoms with Crippen molar-refractivity contribution in [2.24, 2.45) is 0 Å². The van der Waals surface area contributed by atoms with Gasteiger partial charge in [0.15, 0.2) is 18.7 Å². The molecule has 0 bridgehead atoms. The zero-order chi connectivity index (χ0) is 58.9. The van der Waals surface area contributed by atoms with Crippen LogP contribution in [0.4, 0.5) is 0 Å². The van der Waals surface area contributed by atoms with Gasteiger partial charge in [0.25, 0.3) is 0 Å². The molecule has 3 aliphatic rings. The van der Waals surface area contributed by atoms with Crippen LogP contribution in [0.3, 0.4) is 0 Å². The Hall–Kier alpha value is -1.55. The van der Waals surface area contributed by atoms with Crippen LogP contribution in [0.25, 0.3) is 0 Å². The highest BCUT2D eigenvalue weighted by Gasteiger charge is 2.58. The molecular weight excluding hydrogens is 1070 g/mol. The fraction of sp³-hybridized carbons (Fsp3) is 0.964. The van der Waals surface area contributed by atoms with Crippen molar-refractivity contribution in [3.8, 4) is 0 Å². The first-order valence-electron chi connectivity index (χ1n) is 30.4. The average Bonchev–Trinajstić information content (AvgIpc) is 3.44. The van der Waals surface area contributed by atoms with E-state index in [4.69, 9.17) is 37.5 Å². The van der Waals surface area contributed by atoms with Gasteiger partial charge in [0.2, 0.25) is 0 Å². The number of phosphoric acid groups is 1. The van der Waals surface area contributed by atoms with Gasteiger partial charge in [-0.2, -0.15) is 0 Å². The predicted molar refractivity (Wildman–Crippen MR) is 291 cm³/mol. The summed E-state index contributed by atoms with van der Waals surface area (Å²) < 4.78 is 58.2. The van der Waals surface area contributed by atoms with Crippen LogP contribution in [-0.4, -0.2) is 204 Å². The summed E-state index contributed by atoms with van der Waals surface area (Å²) in [6.45, 7) is 1.03. The van der Waals surface area contributed by atoms with Gasteiger partial charge < -0.3 is 89.5 Å². The van der Waals surface area contributed by atoms with Crippen molar-refractivity contribution in [3.05, 3.63) is 0 Å². The van der Waals surface area contributed by atoms with Crippen molar-refractivity contribution in [2.45, 2.75) is 317 Å². The highest BCUT2D eigenvalue weighted by atomic mass is 31.2. The van der Waals surface area contributed by atoms with Gasteiger partial charge in [0.05, 0.1) is 19.8 Å². The van der Waals surface area contributed by atoms with Gasteiger partial charge in [-0.3, -0.25) is 18.6 Å². The summed E-state index contributed by atoms with van der Waals surface area (Å²) in [6.07, 6.45) is -2.06. The lowest BCUT2D eigenvalue weighted by atomic mass is 9.84. The zero-order valence-corrected chi connectivity index (χ0v) is 48.8. The summed E-state index contributed by atoms with van der Waals surface area (Å²) in [5.74, 6) is -1.32. The number of carbonyl (C=O) groups is 2. The number of unbranched alkanes of at least 4 members (excludes halogenated alkanes) is 27. The van der Waals surface area contributed by atoms with Crippen molar-refractivity contribution in [2.75, 3.05) is 26.4 Å². The minimum Gasteiger partial charge on any atom is -0.462 e. The Bertz CT molecular complexity index is 1600. The largest absolute Gasteiger partial charge is 0.472 e. The number of aliphatic hydroxyl groups excluding tert-OH is 11. The summed E-state index contributed by atoms with van der Waals surface area (Å²) >= 11 is 0. The Kier molecular flexibility index (Phi) is 37.7. The summed E-state index contributed by atoms with van der Waals surface area (Å²) in [5.41, 5.74) is 0. The first-order chi connectivity index (χ1) is 38.4. The second-order valence-corrected chi connectivity index (χ2v) is 23.6. The smallest absolute Gasteiger partial charge is 0.462 e. The van der Waals surface area contributed by atoms with Crippen LogP contribution < -0.4 is 0 Å². The molecule has 3 fully saturated rings. The van der Waals surface area contributed by atoms with Crippen LogP contribution in [0.5, 0.6) is 0 Å². The maximum atomic E-state index is 14.0. The predicted octanol–water partition coefficient (Wildman–Crippen LogP) is 4.54. The molecule has 0 aromatic heterocycles. The van der Waals surface area contributed by atoms with E-state index >= 15 is 0 Å². The molecule has 3 rings (SSSR count). The number of esters is 2. The van der Waals surface area contributed by atoms with E-state index in [1.807, 2.05) is 0 Å². The maximum Gasteiger partial charge on any atom is 0.472 e. The molecular formula is C56H105O23P. The summed E-state index contributed by atoms with van der Waals surface area (Å²) in [5, 5.41) is 117. The van der Waals surface area contributed by atoms with E-state index < -0.39 is 150 Å². The van der Waals surface area contributed by atoms with E-state index in [0.29, 0.717) is 12.8 Å². The quantitative estimate of drug-likeness (QED) is 0.0226. The van der Waals surface area contributed by atoms with E-state index in [2.05, 4.69) is 13.8 Å². The van der Waals surface area contributed by atoms with Crippen LogP contribution in [0.15, 0.2) is 0 Å². The van der Waals surface area contributed by atoms with Gasteiger partial charge in [-0.1, -0.05) is 187 Å². The van der Waals surface area contributed by atoms with Crippen LogP contribution >= 0.6 is 7.82 Å². The lowest BCUT2D eigenvalue weighted by Crippen LogP contribution is -2.69. The topological polar surface area (TPSA) is 368 Å². The van der Waals surface area contributed by atoms with Gasteiger partial charge in [-0.05, 0) is 12.8 Å². The zero-order valence-electron chi connectivity index (χ0n) is 47.9. The second kappa shape index (κ2) is 41.5. The molecule has 18 atom stereocenters. The van der Waals surface area contributed by atoms with Crippen LogP contribution in [-0.2, 0) is 51.6 Å². The fourth-order valence-corrected chi connectivity index (χ4v) is 11.3. The first-order valence-corrected chi connectivity index (χ1v) is 31.9. The molecule has 0 radical (unpaired) electrons. The molecule has 2 aliphatic heterocycles. The molecule has 2 saturated heterocycles. The van der Waals surface area contributed by atoms with Gasteiger partial charge in [0, 0.05) is 12.8 Å². The molecule has 0 amide bonds. The van der Waals surface area contributed by atoms with E-state index in [0.717, 1.165) is 57.8 Å². The number of ether oxygens (including phenoxy) is 6. The van der Waals surface area contributed by atoms with E-state index in [9.17, 15) is 75.2 Å². The molecule has 80 heavy (non-hydrogen) atoms. The summed E-state index contributed by atoms with van der Waals surface area (Å²) in [4.78, 5) is 37.5. The Morgan fingerprint density at radius 1 is 0.425 bits per heavy atom. The second-order valence-electron chi connectivity index (χ2n) is 22.2. The Morgan fingerprint density at radius 3 is 1.10 bits per heavy atom. The van der Waals surface area contributed by atoms with Crippen molar-refractivity contribution in [1.29, 1.82) is 0 Å². The molecule has 1 aliphatic carbocycles.